The molecule has 1 aromatic rings. The van der Waals surface area contributed by atoms with Crippen LogP contribution in [0, 0.1) is 6.92 Å². The van der Waals surface area contributed by atoms with Crippen LogP contribution in [0.15, 0.2) is 0 Å². The van der Waals surface area contributed by atoms with E-state index >= 15 is 0 Å². The molecule has 0 aliphatic rings. The van der Waals surface area contributed by atoms with Gasteiger partial charge in [-0.15, -0.1) is 10.2 Å². The number of aromatic nitrogens is 2. The molecule has 0 atom stereocenters. The summed E-state index contributed by atoms with van der Waals surface area (Å²) in [4.78, 5) is 0. The standard InChI is InChI=1S/C4H5N3S3.Na/c1-2-6-7-3(10-2)5-4(8)9;/h1H3,(H2,5,7,8,9);/q;+1/p-1. The third-order valence-electron chi connectivity index (χ3n) is 0.735. The predicted octanol–water partition coefficient (Wildman–Crippen LogP) is -1.91. The van der Waals surface area contributed by atoms with Gasteiger partial charge in [0.1, 0.15) is 5.01 Å². The summed E-state index contributed by atoms with van der Waals surface area (Å²) in [7, 11) is 0. The zero-order valence-electron chi connectivity index (χ0n) is 6.12. The van der Waals surface area contributed by atoms with Gasteiger partial charge in [0, 0.05) is 0 Å². The van der Waals surface area contributed by atoms with Gasteiger partial charge in [-0.1, -0.05) is 15.7 Å². The van der Waals surface area contributed by atoms with E-state index in [1.54, 1.807) is 0 Å². The second-order valence-corrected chi connectivity index (χ2v) is 3.80. The minimum absolute atomic E-state index is 0. The number of hydrogen-bond acceptors (Lipinski definition) is 5. The van der Waals surface area contributed by atoms with E-state index in [0.717, 1.165) is 5.01 Å². The zero-order valence-corrected chi connectivity index (χ0v) is 10.6. The summed E-state index contributed by atoms with van der Waals surface area (Å²) < 4.78 is 0.302. The molecule has 1 N–H and O–H groups in total. The minimum Gasteiger partial charge on any atom is -0.411 e. The van der Waals surface area contributed by atoms with E-state index in [1.165, 1.54) is 11.3 Å². The van der Waals surface area contributed by atoms with Gasteiger partial charge in [0.25, 0.3) is 0 Å². The molecule has 0 aromatic carbocycles. The molecular weight excluding hydrogens is 209 g/mol. The Morgan fingerprint density at radius 3 is 2.64 bits per heavy atom. The van der Waals surface area contributed by atoms with E-state index in [9.17, 15) is 0 Å². The Balaban J connectivity index is 0.000001000. The van der Waals surface area contributed by atoms with Crippen molar-refractivity contribution in [3.8, 4) is 0 Å². The average Bonchev–Trinajstić information content (AvgIpc) is 2.13. The fourth-order valence-corrected chi connectivity index (χ4v) is 1.35. The van der Waals surface area contributed by atoms with Gasteiger partial charge in [-0.25, -0.2) is 0 Å². The number of aryl methyl sites for hydroxylation is 1. The number of nitrogens with zero attached hydrogens (tertiary/aromatic N) is 2. The van der Waals surface area contributed by atoms with Gasteiger partial charge in [-0.3, -0.25) is 0 Å². The first kappa shape index (κ1) is 11.7. The Bertz CT molecular complexity index is 248. The van der Waals surface area contributed by atoms with Crippen molar-refractivity contribution in [3.05, 3.63) is 5.01 Å². The summed E-state index contributed by atoms with van der Waals surface area (Å²) in [5, 5.41) is 11.8. The normalized spacial score (nSPS) is 8.45. The van der Waals surface area contributed by atoms with E-state index in [0.29, 0.717) is 9.45 Å². The van der Waals surface area contributed by atoms with E-state index < -0.39 is 0 Å². The summed E-state index contributed by atoms with van der Waals surface area (Å²) in [6, 6.07) is 0. The van der Waals surface area contributed by atoms with Gasteiger partial charge in [-0.2, -0.15) is 0 Å². The van der Waals surface area contributed by atoms with Crippen LogP contribution in [0.2, 0.25) is 0 Å². The molecule has 1 rings (SSSR count). The van der Waals surface area contributed by atoms with Crippen LogP contribution >= 0.6 is 23.6 Å². The number of rotatable bonds is 1. The van der Waals surface area contributed by atoms with Crippen molar-refractivity contribution in [2.24, 2.45) is 0 Å². The quantitative estimate of drug-likeness (QED) is 0.335. The molecule has 0 saturated carbocycles. The second-order valence-electron chi connectivity index (χ2n) is 1.54. The fraction of sp³-hybridized carbons (Fsp3) is 0.250. The Labute approximate surface area is 102 Å². The maximum Gasteiger partial charge on any atom is 1.00 e. The first-order chi connectivity index (χ1) is 4.68. The van der Waals surface area contributed by atoms with Crippen molar-refractivity contribution < 1.29 is 29.6 Å². The molecule has 0 spiro atoms. The first-order valence-electron chi connectivity index (χ1n) is 2.46. The summed E-state index contributed by atoms with van der Waals surface area (Å²) in [6.45, 7) is 1.87. The van der Waals surface area contributed by atoms with Gasteiger partial charge in [0.05, 0.1) is 0 Å². The van der Waals surface area contributed by atoms with Crippen LogP contribution in [0.25, 0.3) is 0 Å². The first-order valence-corrected chi connectivity index (χ1v) is 4.10. The molecule has 54 valence electrons. The molecule has 11 heavy (non-hydrogen) atoms. The molecule has 0 radical (unpaired) electrons. The maximum absolute atomic E-state index is 4.63. The zero-order chi connectivity index (χ0) is 7.56. The Kier molecular flexibility index (Phi) is 5.66. The number of anilines is 1. The molecule has 0 aliphatic heterocycles. The van der Waals surface area contributed by atoms with E-state index in [1.807, 2.05) is 6.92 Å². The van der Waals surface area contributed by atoms with Crippen LogP contribution in [0.1, 0.15) is 5.01 Å². The van der Waals surface area contributed by atoms with Crippen molar-refractivity contribution in [2.75, 3.05) is 5.32 Å². The summed E-state index contributed by atoms with van der Waals surface area (Å²) in [5.41, 5.74) is 0. The van der Waals surface area contributed by atoms with E-state index in [4.69, 9.17) is 0 Å². The third-order valence-corrected chi connectivity index (χ3v) is 1.69. The molecule has 0 amide bonds. The Morgan fingerprint density at radius 2 is 2.27 bits per heavy atom. The molecule has 3 nitrogen and oxygen atoms in total. The van der Waals surface area contributed by atoms with Crippen LogP contribution in [-0.2, 0) is 12.6 Å². The average molecular weight is 213 g/mol. The number of nitrogens with one attached hydrogen (secondary N) is 1. The molecule has 1 aromatic heterocycles. The van der Waals surface area contributed by atoms with Crippen molar-refractivity contribution in [3.63, 3.8) is 0 Å². The Morgan fingerprint density at radius 1 is 1.64 bits per heavy atom. The van der Waals surface area contributed by atoms with Crippen molar-refractivity contribution in [2.45, 2.75) is 6.92 Å². The van der Waals surface area contributed by atoms with Gasteiger partial charge < -0.3 is 30.2 Å². The molecule has 0 aliphatic carbocycles. The third kappa shape index (κ3) is 4.29. The van der Waals surface area contributed by atoms with Gasteiger partial charge in [0.15, 0.2) is 0 Å². The monoisotopic (exact) mass is 213 g/mol. The summed E-state index contributed by atoms with van der Waals surface area (Å²) >= 11 is 10.7. The Hall–Kier alpha value is 0.670. The van der Waals surface area contributed by atoms with Crippen molar-refractivity contribution in [1.82, 2.24) is 10.2 Å². The van der Waals surface area contributed by atoms with Gasteiger partial charge >= 0.3 is 29.6 Å². The molecular formula is C4H4N3NaS3. The largest absolute Gasteiger partial charge is 1.00 e. The molecule has 0 saturated heterocycles. The smallest absolute Gasteiger partial charge is 0.411 e. The summed E-state index contributed by atoms with van der Waals surface area (Å²) in [6.07, 6.45) is 0. The van der Waals surface area contributed by atoms with Gasteiger partial charge in [0.2, 0.25) is 5.13 Å². The summed E-state index contributed by atoms with van der Waals surface area (Å²) in [5.74, 6) is 0. The molecule has 0 unspecified atom stereocenters. The predicted molar refractivity (Wildman–Crippen MR) is 48.2 cm³/mol. The number of thiocarbonyl (C=S) groups is 1. The van der Waals surface area contributed by atoms with Crippen LogP contribution in [0.4, 0.5) is 5.13 Å². The van der Waals surface area contributed by atoms with Crippen LogP contribution in [0.5, 0.6) is 0 Å². The van der Waals surface area contributed by atoms with Gasteiger partial charge in [-0.05, 0) is 6.92 Å². The molecule has 1 heterocycles. The minimum atomic E-state index is 0. The van der Waals surface area contributed by atoms with Crippen molar-refractivity contribution >= 4 is 45.6 Å². The van der Waals surface area contributed by atoms with Crippen LogP contribution < -0.4 is 34.9 Å². The fourth-order valence-electron chi connectivity index (χ4n) is 0.434. The molecule has 7 heteroatoms. The van der Waals surface area contributed by atoms with E-state index in [2.05, 4.69) is 40.4 Å². The molecule has 0 fully saturated rings. The van der Waals surface area contributed by atoms with E-state index in [-0.39, 0.29) is 29.6 Å². The van der Waals surface area contributed by atoms with Crippen LogP contribution in [-0.4, -0.2) is 14.5 Å². The van der Waals surface area contributed by atoms with Crippen molar-refractivity contribution in [1.29, 1.82) is 0 Å². The second kappa shape index (κ2) is 5.34. The number of hydrogen-bond donors (Lipinski definition) is 1. The maximum atomic E-state index is 4.63. The topological polar surface area (TPSA) is 37.8 Å². The SMILES string of the molecule is Cc1nnc(NC(=S)[S-])s1.[Na+]. The van der Waals surface area contributed by atoms with Crippen LogP contribution in [0.3, 0.4) is 0 Å². The molecule has 0 bridgehead atoms.